The average molecular weight is 401 g/mol. The molecule has 1 rings (SSSR count). The van der Waals surface area contributed by atoms with Crippen LogP contribution in [-0.2, 0) is 9.47 Å². The quantitative estimate of drug-likeness (QED) is 0.269. The van der Waals surface area contributed by atoms with Crippen LogP contribution in [0, 0.1) is 0 Å². The average Bonchev–Trinajstić information content (AvgIpc) is 2.60. The molecule has 0 heterocycles. The van der Waals surface area contributed by atoms with E-state index in [1.54, 1.807) is 0 Å². The van der Waals surface area contributed by atoms with Crippen molar-refractivity contribution in [2.24, 2.45) is 0 Å². The molecule has 0 aliphatic carbocycles. The van der Waals surface area contributed by atoms with Crippen LogP contribution in [0.25, 0.3) is 0 Å². The summed E-state index contributed by atoms with van der Waals surface area (Å²) in [6, 6.07) is 7.87. The second kappa shape index (κ2) is 13.7. The van der Waals surface area contributed by atoms with E-state index >= 15 is 0 Å². The van der Waals surface area contributed by atoms with Crippen LogP contribution < -0.4 is 4.74 Å². The highest BCUT2D eigenvalue weighted by Gasteiger charge is 2.23. The topological polar surface area (TPSA) is 27.7 Å². The molecule has 24 heavy (non-hydrogen) atoms. The first-order valence-corrected chi connectivity index (χ1v) is 10.2. The Kier molecular flexibility index (Phi) is 12.2. The Morgan fingerprint density at radius 1 is 0.833 bits per heavy atom. The van der Waals surface area contributed by atoms with Crippen LogP contribution in [0.4, 0.5) is 0 Å². The Balaban J connectivity index is 2.60. The van der Waals surface area contributed by atoms with Crippen molar-refractivity contribution in [1.82, 2.24) is 0 Å². The van der Waals surface area contributed by atoms with Gasteiger partial charge >= 0.3 is 0 Å². The van der Waals surface area contributed by atoms with Crippen molar-refractivity contribution < 1.29 is 14.2 Å². The van der Waals surface area contributed by atoms with Gasteiger partial charge in [-0.15, -0.1) is 0 Å². The lowest BCUT2D eigenvalue weighted by Gasteiger charge is -2.27. The number of rotatable bonds is 14. The summed E-state index contributed by atoms with van der Waals surface area (Å²) < 4.78 is 19.2. The largest absolute Gasteiger partial charge is 0.462 e. The van der Waals surface area contributed by atoms with Crippen LogP contribution in [0.1, 0.15) is 65.7 Å². The maximum absolute atomic E-state index is 6.09. The van der Waals surface area contributed by atoms with E-state index in [1.807, 2.05) is 24.3 Å². The second-order valence-corrected chi connectivity index (χ2v) is 6.96. The van der Waals surface area contributed by atoms with Gasteiger partial charge in [0.1, 0.15) is 11.9 Å². The maximum atomic E-state index is 6.09. The zero-order valence-corrected chi connectivity index (χ0v) is 17.0. The third-order valence-electron chi connectivity index (χ3n) is 3.88. The summed E-state index contributed by atoms with van der Waals surface area (Å²) in [7, 11) is 0. The van der Waals surface area contributed by atoms with Gasteiger partial charge in [0.15, 0.2) is 0 Å². The summed E-state index contributed by atoms with van der Waals surface area (Å²) in [6.45, 7) is 8.00. The van der Waals surface area contributed by atoms with E-state index in [9.17, 15) is 0 Å². The predicted octanol–water partition coefficient (Wildman–Crippen LogP) is 6.35. The summed E-state index contributed by atoms with van der Waals surface area (Å²) in [5.41, 5.74) is 0. The van der Waals surface area contributed by atoms with E-state index in [-0.39, 0.29) is 12.4 Å². The van der Waals surface area contributed by atoms with E-state index in [4.69, 9.17) is 14.2 Å². The molecule has 1 aromatic rings. The fourth-order valence-corrected chi connectivity index (χ4v) is 2.66. The molecule has 0 saturated carbocycles. The zero-order valence-electron chi connectivity index (χ0n) is 15.4. The van der Waals surface area contributed by atoms with Gasteiger partial charge in [0.25, 0.3) is 0 Å². The Hall–Kier alpha value is -0.580. The van der Waals surface area contributed by atoms with Crippen LogP contribution in [-0.4, -0.2) is 25.6 Å². The van der Waals surface area contributed by atoms with Gasteiger partial charge in [0.05, 0.1) is 6.61 Å². The van der Waals surface area contributed by atoms with Crippen molar-refractivity contribution in [1.29, 1.82) is 0 Å². The first-order valence-electron chi connectivity index (χ1n) is 9.36. The van der Waals surface area contributed by atoms with Gasteiger partial charge < -0.3 is 14.2 Å². The van der Waals surface area contributed by atoms with Gasteiger partial charge in [-0.1, -0.05) is 62.4 Å². The Labute approximate surface area is 156 Å². The smallest absolute Gasteiger partial charge is 0.226 e. The third kappa shape index (κ3) is 9.05. The Morgan fingerprint density at radius 3 is 1.96 bits per heavy atom. The number of hydrogen-bond acceptors (Lipinski definition) is 3. The van der Waals surface area contributed by atoms with Gasteiger partial charge in [0, 0.05) is 11.1 Å². The minimum absolute atomic E-state index is 0.0351. The minimum Gasteiger partial charge on any atom is -0.462 e. The van der Waals surface area contributed by atoms with Gasteiger partial charge in [-0.05, 0) is 43.5 Å². The first kappa shape index (κ1) is 21.5. The lowest BCUT2D eigenvalue weighted by atomic mass is 10.2. The molecule has 1 aromatic carbocycles. The molecule has 0 N–H and O–H groups in total. The molecule has 0 aliphatic rings. The Bertz CT molecular complexity index is 408. The monoisotopic (exact) mass is 400 g/mol. The standard InChI is InChI=1S/C20H33BrO3/c1-4-7-9-15-22-19(6-3)20(23-16-10-8-5-2)24-18-13-11-17(21)12-14-18/h11-14,19-20H,4-10,15-16H2,1-3H3/t19-,20+/m0/s1. The molecular weight excluding hydrogens is 368 g/mol. The highest BCUT2D eigenvalue weighted by atomic mass is 79.9. The summed E-state index contributed by atoms with van der Waals surface area (Å²) in [5, 5.41) is 0. The van der Waals surface area contributed by atoms with Crippen LogP contribution >= 0.6 is 15.9 Å². The number of ether oxygens (including phenoxy) is 3. The summed E-state index contributed by atoms with van der Waals surface area (Å²) in [4.78, 5) is 0. The molecule has 0 radical (unpaired) electrons. The lowest BCUT2D eigenvalue weighted by Crippen LogP contribution is -2.36. The lowest BCUT2D eigenvalue weighted by molar-refractivity contribution is -0.165. The molecule has 0 saturated heterocycles. The molecule has 4 heteroatoms. The normalized spacial score (nSPS) is 13.7. The molecule has 0 aliphatic heterocycles. The predicted molar refractivity (Wildman–Crippen MR) is 104 cm³/mol. The Morgan fingerprint density at radius 2 is 1.42 bits per heavy atom. The minimum atomic E-state index is -0.352. The van der Waals surface area contributed by atoms with E-state index in [1.165, 1.54) is 25.7 Å². The van der Waals surface area contributed by atoms with E-state index < -0.39 is 0 Å². The summed E-state index contributed by atoms with van der Waals surface area (Å²) in [6.07, 6.45) is 7.41. The van der Waals surface area contributed by atoms with E-state index in [0.29, 0.717) is 6.61 Å². The second-order valence-electron chi connectivity index (χ2n) is 6.04. The van der Waals surface area contributed by atoms with Crippen molar-refractivity contribution in [2.75, 3.05) is 13.2 Å². The van der Waals surface area contributed by atoms with Gasteiger partial charge in [-0.25, -0.2) is 0 Å². The van der Waals surface area contributed by atoms with Crippen molar-refractivity contribution in [2.45, 2.75) is 78.1 Å². The van der Waals surface area contributed by atoms with Gasteiger partial charge in [-0.2, -0.15) is 0 Å². The number of unbranched alkanes of at least 4 members (excludes halogenated alkanes) is 4. The maximum Gasteiger partial charge on any atom is 0.226 e. The summed E-state index contributed by atoms with van der Waals surface area (Å²) >= 11 is 3.45. The molecule has 138 valence electrons. The highest BCUT2D eigenvalue weighted by molar-refractivity contribution is 9.10. The molecule has 0 spiro atoms. The number of benzene rings is 1. The third-order valence-corrected chi connectivity index (χ3v) is 4.41. The number of halogens is 1. The molecule has 0 unspecified atom stereocenters. The van der Waals surface area contributed by atoms with Gasteiger partial charge in [0.2, 0.25) is 6.29 Å². The molecule has 0 amide bonds. The first-order chi connectivity index (χ1) is 11.7. The molecule has 0 aromatic heterocycles. The van der Waals surface area contributed by atoms with Crippen molar-refractivity contribution in [3.05, 3.63) is 28.7 Å². The number of hydrogen-bond donors (Lipinski definition) is 0. The fourth-order valence-electron chi connectivity index (χ4n) is 2.39. The molecule has 3 nitrogen and oxygen atoms in total. The van der Waals surface area contributed by atoms with Crippen LogP contribution in [0.5, 0.6) is 5.75 Å². The SMILES string of the molecule is CCCCCO[C@H](Oc1ccc(Br)cc1)[C@H](CC)OCCCCC. The molecule has 0 fully saturated rings. The van der Waals surface area contributed by atoms with Crippen LogP contribution in [0.2, 0.25) is 0 Å². The van der Waals surface area contributed by atoms with Crippen molar-refractivity contribution in [3.63, 3.8) is 0 Å². The van der Waals surface area contributed by atoms with Crippen LogP contribution in [0.3, 0.4) is 0 Å². The summed E-state index contributed by atoms with van der Waals surface area (Å²) in [5.74, 6) is 0.814. The van der Waals surface area contributed by atoms with Crippen molar-refractivity contribution in [3.8, 4) is 5.75 Å². The molecule has 0 bridgehead atoms. The fraction of sp³-hybridized carbons (Fsp3) is 0.700. The van der Waals surface area contributed by atoms with E-state index in [2.05, 4.69) is 36.7 Å². The highest BCUT2D eigenvalue weighted by Crippen LogP contribution is 2.21. The van der Waals surface area contributed by atoms with Crippen molar-refractivity contribution >= 4 is 15.9 Å². The molecule has 2 atom stereocenters. The van der Waals surface area contributed by atoms with Crippen LogP contribution in [0.15, 0.2) is 28.7 Å². The zero-order chi connectivity index (χ0) is 17.6. The van der Waals surface area contributed by atoms with Gasteiger partial charge in [-0.3, -0.25) is 0 Å². The van der Waals surface area contributed by atoms with E-state index in [0.717, 1.165) is 36.1 Å². The molecular formula is C20H33BrO3.